The number of aryl methyl sites for hydroxylation is 1. The Hall–Kier alpha value is -2.31. The van der Waals surface area contributed by atoms with Crippen LogP contribution in [-0.2, 0) is 35.1 Å². The molecule has 0 saturated heterocycles. The predicted molar refractivity (Wildman–Crippen MR) is 203 cm³/mol. The maximum atomic E-state index is 3.87. The standard InChI is InChI=1S/C35H37.C5H5.C3H6.2ClH.Zr/c1-23-19-26-20-29-30(28(26)21-31(23)33(3,4)5)22-35(34(6,7)8,27-17-13-10-14-18-27)24(2)32(29)25-15-11-9-12-16-25;1-2-4-5-3-1;1-3-2;;;/h9-19,21-22H,1-8H3;1-3H,4H2;1-2H3;2*1H;/q2*-1;;;;+2. The third-order valence-corrected chi connectivity index (χ3v) is 8.63. The van der Waals surface area contributed by atoms with Gasteiger partial charge in [0, 0.05) is 5.41 Å². The number of rotatable bonds is 2. The number of hydrogen-bond acceptors (Lipinski definition) is 0. The van der Waals surface area contributed by atoms with Crippen molar-refractivity contribution < 1.29 is 24.2 Å². The Kier molecular flexibility index (Phi) is 14.0. The largest absolute Gasteiger partial charge is 0.273 e. The maximum Gasteiger partial charge on any atom is -0.109 e. The van der Waals surface area contributed by atoms with Crippen molar-refractivity contribution in [3.05, 3.63) is 154 Å². The molecule has 46 heavy (non-hydrogen) atoms. The minimum atomic E-state index is -0.242. The van der Waals surface area contributed by atoms with Gasteiger partial charge < -0.3 is 0 Å². The fraction of sp³-hybridized carbons (Fsp3) is 0.326. The summed E-state index contributed by atoms with van der Waals surface area (Å²) < 4.78 is 1.51. The molecule has 3 aromatic rings. The van der Waals surface area contributed by atoms with Gasteiger partial charge in [0.1, 0.15) is 0 Å². The zero-order chi connectivity index (χ0) is 32.3. The first-order valence-corrected chi connectivity index (χ1v) is 17.0. The van der Waals surface area contributed by atoms with Crippen molar-refractivity contribution in [1.82, 2.24) is 0 Å². The molecule has 0 heterocycles. The van der Waals surface area contributed by atoms with Crippen LogP contribution in [0.3, 0.4) is 0 Å². The molecule has 240 valence electrons. The first-order valence-electron chi connectivity index (χ1n) is 15.8. The number of hydrogen-bond donors (Lipinski definition) is 0. The zero-order valence-corrected chi connectivity index (χ0v) is 33.4. The summed E-state index contributed by atoms with van der Waals surface area (Å²) in [5, 5.41) is 0. The molecule has 3 aliphatic rings. The van der Waals surface area contributed by atoms with E-state index in [2.05, 4.69) is 166 Å². The number of halogens is 2. The second kappa shape index (κ2) is 16.2. The van der Waals surface area contributed by atoms with Gasteiger partial charge in [0.25, 0.3) is 0 Å². The first-order chi connectivity index (χ1) is 20.7. The minimum absolute atomic E-state index is 0. The monoisotopic (exact) mass is 726 g/mol. The van der Waals surface area contributed by atoms with E-state index in [-0.39, 0.29) is 41.1 Å². The van der Waals surface area contributed by atoms with Crippen LogP contribution in [0.2, 0.25) is 0 Å². The van der Waals surface area contributed by atoms with E-state index in [1.165, 1.54) is 58.9 Å². The molecule has 3 aromatic carbocycles. The van der Waals surface area contributed by atoms with Gasteiger partial charge in [-0.2, -0.15) is 6.08 Å². The molecule has 1 unspecified atom stereocenters. The molecule has 0 spiro atoms. The number of allylic oxidation sites excluding steroid dienone is 9. The van der Waals surface area contributed by atoms with Crippen molar-refractivity contribution in [1.29, 1.82) is 0 Å². The van der Waals surface area contributed by atoms with Crippen molar-refractivity contribution in [2.75, 3.05) is 0 Å². The van der Waals surface area contributed by atoms with Crippen LogP contribution in [-0.4, -0.2) is 3.21 Å². The molecule has 0 radical (unpaired) electrons. The Morgan fingerprint density at radius 3 is 1.85 bits per heavy atom. The smallest absolute Gasteiger partial charge is 0.109 e. The van der Waals surface area contributed by atoms with Crippen LogP contribution in [0.25, 0.3) is 11.1 Å². The van der Waals surface area contributed by atoms with Crippen molar-refractivity contribution in [2.45, 2.75) is 86.5 Å². The molecular weight excluding hydrogens is 679 g/mol. The quantitative estimate of drug-likeness (QED) is 0.231. The van der Waals surface area contributed by atoms with Gasteiger partial charge in [-0.05, 0) is 30.2 Å². The Morgan fingerprint density at radius 1 is 0.826 bits per heavy atom. The minimum Gasteiger partial charge on any atom is -0.273 e. The van der Waals surface area contributed by atoms with Gasteiger partial charge in [-0.1, -0.05) is 136 Å². The molecule has 0 fully saturated rings. The molecule has 6 rings (SSSR count). The van der Waals surface area contributed by atoms with Crippen molar-refractivity contribution in [3.63, 3.8) is 0 Å². The fourth-order valence-corrected chi connectivity index (χ4v) is 6.75. The normalized spacial score (nSPS) is 17.6. The molecule has 1 atom stereocenters. The van der Waals surface area contributed by atoms with E-state index in [0.29, 0.717) is 0 Å². The van der Waals surface area contributed by atoms with Crippen molar-refractivity contribution >= 4 is 39.2 Å². The van der Waals surface area contributed by atoms with E-state index in [1.54, 1.807) is 24.2 Å². The molecular formula is C43H50Cl2Zr. The summed E-state index contributed by atoms with van der Waals surface area (Å²) in [6.45, 7) is 22.9. The fourth-order valence-electron chi connectivity index (χ4n) is 6.75. The SMILES string of the molecule is CC1=C(c2ccccc2)C2=[C-]c3cc(C)c(C(C)(C)C)cc3C2=CC1(c1ccccc1)C(C)(C)C.C[C](C)=[Zr+2].Cl.Cl.[C-]1=CC=CC1. The van der Waals surface area contributed by atoms with Gasteiger partial charge in [-0.3, -0.25) is 6.08 Å². The maximum absolute atomic E-state index is 3.87. The molecule has 0 nitrogen and oxygen atoms in total. The van der Waals surface area contributed by atoms with E-state index in [4.69, 9.17) is 0 Å². The average Bonchev–Trinajstić information content (AvgIpc) is 3.63. The van der Waals surface area contributed by atoms with E-state index in [1.807, 2.05) is 12.2 Å². The van der Waals surface area contributed by atoms with E-state index in [9.17, 15) is 0 Å². The molecule has 0 aromatic heterocycles. The van der Waals surface area contributed by atoms with Gasteiger partial charge >= 0.3 is 41.3 Å². The van der Waals surface area contributed by atoms with Crippen LogP contribution >= 0.6 is 24.8 Å². The summed E-state index contributed by atoms with van der Waals surface area (Å²) in [5.41, 5.74) is 13.0. The van der Waals surface area contributed by atoms with Gasteiger partial charge in [-0.25, -0.2) is 12.2 Å². The summed E-state index contributed by atoms with van der Waals surface area (Å²) in [6.07, 6.45) is 16.4. The van der Waals surface area contributed by atoms with Crippen molar-refractivity contribution in [2.24, 2.45) is 5.41 Å². The van der Waals surface area contributed by atoms with E-state index >= 15 is 0 Å². The summed E-state index contributed by atoms with van der Waals surface area (Å²) >= 11 is 1.55. The molecule has 0 bridgehead atoms. The molecule has 0 N–H and O–H groups in total. The second-order valence-electron chi connectivity index (χ2n) is 14.3. The predicted octanol–water partition coefficient (Wildman–Crippen LogP) is 12.1. The third kappa shape index (κ3) is 8.39. The van der Waals surface area contributed by atoms with Crippen LogP contribution in [0.4, 0.5) is 0 Å². The zero-order valence-electron chi connectivity index (χ0n) is 29.3. The number of fused-ring (bicyclic) bond motifs is 3. The Labute approximate surface area is 307 Å². The summed E-state index contributed by atoms with van der Waals surface area (Å²) in [4.78, 5) is 0. The topological polar surface area (TPSA) is 0 Å². The molecule has 3 heteroatoms. The van der Waals surface area contributed by atoms with Crippen LogP contribution < -0.4 is 0 Å². The Morgan fingerprint density at radius 2 is 1.39 bits per heavy atom. The summed E-state index contributed by atoms with van der Waals surface area (Å²) in [6, 6.07) is 26.8. The second-order valence-corrected chi connectivity index (χ2v) is 16.8. The third-order valence-electron chi connectivity index (χ3n) is 8.63. The Balaban J connectivity index is 0.000000586. The Bertz CT molecular complexity index is 1660. The average molecular weight is 729 g/mol. The summed E-state index contributed by atoms with van der Waals surface area (Å²) in [5.74, 6) is 0. The van der Waals surface area contributed by atoms with Crippen LogP contribution in [0, 0.1) is 24.5 Å². The van der Waals surface area contributed by atoms with Crippen LogP contribution in [0.5, 0.6) is 0 Å². The van der Waals surface area contributed by atoms with Gasteiger partial charge in [0.05, 0.1) is 0 Å². The summed E-state index contributed by atoms with van der Waals surface area (Å²) in [7, 11) is 0. The van der Waals surface area contributed by atoms with Crippen LogP contribution in [0.15, 0.2) is 108 Å². The first kappa shape index (κ1) is 39.9. The van der Waals surface area contributed by atoms with Crippen molar-refractivity contribution in [3.8, 4) is 0 Å². The van der Waals surface area contributed by atoms with E-state index < -0.39 is 0 Å². The molecule has 3 aliphatic carbocycles. The molecule has 0 amide bonds. The van der Waals surface area contributed by atoms with Gasteiger partial charge in [0.2, 0.25) is 0 Å². The van der Waals surface area contributed by atoms with Crippen LogP contribution in [0.1, 0.15) is 102 Å². The number of benzene rings is 3. The molecule has 0 saturated carbocycles. The van der Waals surface area contributed by atoms with E-state index in [0.717, 1.165) is 6.42 Å². The van der Waals surface area contributed by atoms with Gasteiger partial charge in [0.15, 0.2) is 0 Å². The van der Waals surface area contributed by atoms with Gasteiger partial charge in [-0.15, -0.1) is 71.7 Å². The molecule has 0 aliphatic heterocycles.